The molecule has 0 bridgehead atoms. The van der Waals surface area contributed by atoms with Gasteiger partial charge >= 0.3 is 0 Å². The third-order valence-corrected chi connectivity index (χ3v) is 4.20. The standard InChI is InChI=1S/C20H24ClFN2O/c1-5-9-24(6-2)13-23-19-10-15(4)20(11-14(19)3)25-16-7-8-17(21)18(22)12-16/h7-8,10-13H,5-6,9H2,1-4H3/b23-13+. The Balaban J connectivity index is 2.21. The Kier molecular flexibility index (Phi) is 6.82. The molecule has 2 rings (SSSR count). The van der Waals surface area contributed by atoms with Crippen LogP contribution in [-0.2, 0) is 0 Å². The molecular weight excluding hydrogens is 339 g/mol. The van der Waals surface area contributed by atoms with Gasteiger partial charge in [-0.15, -0.1) is 0 Å². The third kappa shape index (κ3) is 5.20. The molecule has 0 amide bonds. The molecule has 0 radical (unpaired) electrons. The first-order chi connectivity index (χ1) is 11.9. The summed E-state index contributed by atoms with van der Waals surface area (Å²) >= 11 is 5.71. The molecule has 2 aromatic carbocycles. The van der Waals surface area contributed by atoms with Crippen LogP contribution >= 0.6 is 11.6 Å². The van der Waals surface area contributed by atoms with E-state index in [1.165, 1.54) is 12.1 Å². The van der Waals surface area contributed by atoms with E-state index in [1.807, 2.05) is 32.3 Å². The first-order valence-corrected chi connectivity index (χ1v) is 8.84. The predicted molar refractivity (Wildman–Crippen MR) is 103 cm³/mol. The predicted octanol–water partition coefficient (Wildman–Crippen LogP) is 6.28. The van der Waals surface area contributed by atoms with Crippen molar-refractivity contribution in [1.29, 1.82) is 0 Å². The van der Waals surface area contributed by atoms with Crippen molar-refractivity contribution in [3.8, 4) is 11.5 Å². The lowest BCUT2D eigenvalue weighted by Gasteiger charge is -2.16. The molecule has 0 aliphatic carbocycles. The zero-order valence-electron chi connectivity index (χ0n) is 15.1. The van der Waals surface area contributed by atoms with E-state index in [2.05, 4.69) is 23.7 Å². The topological polar surface area (TPSA) is 24.8 Å². The highest BCUT2D eigenvalue weighted by Gasteiger charge is 2.08. The monoisotopic (exact) mass is 362 g/mol. The maximum atomic E-state index is 13.6. The van der Waals surface area contributed by atoms with Crippen molar-refractivity contribution in [2.45, 2.75) is 34.1 Å². The molecule has 0 saturated carbocycles. The van der Waals surface area contributed by atoms with Crippen LogP contribution in [0.3, 0.4) is 0 Å². The van der Waals surface area contributed by atoms with Crippen molar-refractivity contribution >= 4 is 23.6 Å². The van der Waals surface area contributed by atoms with Crippen molar-refractivity contribution in [3.63, 3.8) is 0 Å². The van der Waals surface area contributed by atoms with Crippen molar-refractivity contribution in [3.05, 3.63) is 52.3 Å². The van der Waals surface area contributed by atoms with E-state index in [0.29, 0.717) is 11.5 Å². The number of ether oxygens (including phenoxy) is 1. The highest BCUT2D eigenvalue weighted by atomic mass is 35.5. The molecule has 0 unspecified atom stereocenters. The van der Waals surface area contributed by atoms with Gasteiger partial charge in [-0.05, 0) is 62.6 Å². The molecule has 0 saturated heterocycles. The molecule has 5 heteroatoms. The van der Waals surface area contributed by atoms with Crippen LogP contribution in [0.5, 0.6) is 11.5 Å². The fourth-order valence-corrected chi connectivity index (χ4v) is 2.54. The first kappa shape index (κ1) is 19.3. The van der Waals surface area contributed by atoms with Crippen LogP contribution in [0.15, 0.2) is 35.3 Å². The Morgan fingerprint density at radius 2 is 1.92 bits per heavy atom. The molecule has 134 valence electrons. The van der Waals surface area contributed by atoms with Crippen LogP contribution in [0.25, 0.3) is 0 Å². The van der Waals surface area contributed by atoms with E-state index in [0.717, 1.165) is 36.3 Å². The van der Waals surface area contributed by atoms with Crippen molar-refractivity contribution < 1.29 is 9.13 Å². The second kappa shape index (κ2) is 8.86. The van der Waals surface area contributed by atoms with Crippen molar-refractivity contribution in [2.24, 2.45) is 4.99 Å². The van der Waals surface area contributed by atoms with Gasteiger partial charge < -0.3 is 9.64 Å². The number of halogens is 2. The van der Waals surface area contributed by atoms with Gasteiger partial charge in [0.1, 0.15) is 17.3 Å². The number of aryl methyl sites for hydroxylation is 2. The molecule has 0 heterocycles. The molecule has 2 aromatic rings. The molecule has 0 aliphatic heterocycles. The van der Waals surface area contributed by atoms with E-state index in [1.54, 1.807) is 6.07 Å². The highest BCUT2D eigenvalue weighted by molar-refractivity contribution is 6.30. The number of hydrogen-bond donors (Lipinski definition) is 0. The summed E-state index contributed by atoms with van der Waals surface area (Å²) in [6, 6.07) is 8.32. The lowest BCUT2D eigenvalue weighted by atomic mass is 10.1. The molecule has 0 N–H and O–H groups in total. The zero-order valence-corrected chi connectivity index (χ0v) is 15.9. The molecule has 0 spiro atoms. The fourth-order valence-electron chi connectivity index (χ4n) is 2.42. The fraction of sp³-hybridized carbons (Fsp3) is 0.350. The maximum Gasteiger partial charge on any atom is 0.145 e. The minimum atomic E-state index is -0.495. The van der Waals surface area contributed by atoms with Gasteiger partial charge in [-0.2, -0.15) is 0 Å². The number of hydrogen-bond acceptors (Lipinski definition) is 2. The molecule has 0 aliphatic rings. The zero-order chi connectivity index (χ0) is 18.4. The summed E-state index contributed by atoms with van der Waals surface area (Å²) in [5.74, 6) is 0.602. The van der Waals surface area contributed by atoms with Crippen LogP contribution in [0, 0.1) is 19.7 Å². The summed E-state index contributed by atoms with van der Waals surface area (Å²) in [6.45, 7) is 10.1. The van der Waals surface area contributed by atoms with E-state index < -0.39 is 5.82 Å². The summed E-state index contributed by atoms with van der Waals surface area (Å²) in [6.07, 6.45) is 2.97. The average Bonchev–Trinajstić information content (AvgIpc) is 2.58. The summed E-state index contributed by atoms with van der Waals surface area (Å²) in [7, 11) is 0. The van der Waals surface area contributed by atoms with E-state index in [9.17, 15) is 4.39 Å². The van der Waals surface area contributed by atoms with Crippen LogP contribution in [-0.4, -0.2) is 24.3 Å². The van der Waals surface area contributed by atoms with Gasteiger partial charge in [0.2, 0.25) is 0 Å². The molecular formula is C20H24ClFN2O. The lowest BCUT2D eigenvalue weighted by molar-refractivity contribution is 0.452. The van der Waals surface area contributed by atoms with Gasteiger partial charge in [0.15, 0.2) is 0 Å². The molecule has 0 aromatic heterocycles. The summed E-state index contributed by atoms with van der Waals surface area (Å²) in [4.78, 5) is 6.77. The van der Waals surface area contributed by atoms with E-state index in [-0.39, 0.29) is 5.02 Å². The second-order valence-electron chi connectivity index (χ2n) is 5.96. The van der Waals surface area contributed by atoms with Crippen molar-refractivity contribution in [1.82, 2.24) is 4.90 Å². The SMILES string of the molecule is CCCN(/C=N/c1cc(C)c(Oc2ccc(Cl)c(F)c2)cc1C)CC. The number of nitrogens with zero attached hydrogens (tertiary/aromatic N) is 2. The van der Waals surface area contributed by atoms with Crippen molar-refractivity contribution in [2.75, 3.05) is 13.1 Å². The van der Waals surface area contributed by atoms with Crippen LogP contribution in [0.4, 0.5) is 10.1 Å². The van der Waals surface area contributed by atoms with E-state index >= 15 is 0 Å². The lowest BCUT2D eigenvalue weighted by Crippen LogP contribution is -2.21. The minimum absolute atomic E-state index is 0.0810. The number of aliphatic imine (C=N–C) groups is 1. The van der Waals surface area contributed by atoms with E-state index in [4.69, 9.17) is 16.3 Å². The van der Waals surface area contributed by atoms with Crippen LogP contribution in [0.1, 0.15) is 31.4 Å². The van der Waals surface area contributed by atoms with Gasteiger partial charge in [-0.1, -0.05) is 18.5 Å². The third-order valence-electron chi connectivity index (χ3n) is 3.89. The Bertz CT molecular complexity index is 762. The normalized spacial score (nSPS) is 11.1. The minimum Gasteiger partial charge on any atom is -0.457 e. The largest absolute Gasteiger partial charge is 0.457 e. The summed E-state index contributed by atoms with van der Waals surface area (Å²) in [5.41, 5.74) is 2.84. The summed E-state index contributed by atoms with van der Waals surface area (Å²) < 4.78 is 19.4. The molecule has 0 fully saturated rings. The smallest absolute Gasteiger partial charge is 0.145 e. The van der Waals surface area contributed by atoms with Gasteiger partial charge in [-0.25, -0.2) is 9.38 Å². The summed E-state index contributed by atoms with van der Waals surface area (Å²) in [5, 5.41) is 0.0810. The molecule has 3 nitrogen and oxygen atoms in total. The Hall–Kier alpha value is -2.07. The number of rotatable bonds is 7. The molecule has 0 atom stereocenters. The van der Waals surface area contributed by atoms with Crippen LogP contribution in [0.2, 0.25) is 5.02 Å². The Morgan fingerprint density at radius 3 is 2.56 bits per heavy atom. The number of benzene rings is 2. The second-order valence-corrected chi connectivity index (χ2v) is 6.36. The highest BCUT2D eigenvalue weighted by Crippen LogP contribution is 2.32. The van der Waals surface area contributed by atoms with Crippen LogP contribution < -0.4 is 4.74 Å². The average molecular weight is 363 g/mol. The quantitative estimate of drug-likeness (QED) is 0.427. The molecule has 25 heavy (non-hydrogen) atoms. The van der Waals surface area contributed by atoms with Gasteiger partial charge in [0, 0.05) is 19.2 Å². The van der Waals surface area contributed by atoms with Gasteiger partial charge in [-0.3, -0.25) is 0 Å². The Labute approximate surface area is 154 Å². The first-order valence-electron chi connectivity index (χ1n) is 8.47. The maximum absolute atomic E-state index is 13.6. The van der Waals surface area contributed by atoms with Gasteiger partial charge in [0.25, 0.3) is 0 Å². The van der Waals surface area contributed by atoms with Gasteiger partial charge in [0.05, 0.1) is 17.0 Å². The Morgan fingerprint density at radius 1 is 1.16 bits per heavy atom.